The van der Waals surface area contributed by atoms with E-state index in [-0.39, 0.29) is 24.1 Å². The number of hydrogen-bond acceptors (Lipinski definition) is 4. The second-order valence-corrected chi connectivity index (χ2v) is 8.56. The number of benzene rings is 1. The molecule has 1 saturated carbocycles. The van der Waals surface area contributed by atoms with Crippen LogP contribution in [0.15, 0.2) is 18.2 Å². The van der Waals surface area contributed by atoms with E-state index in [0.29, 0.717) is 29.5 Å². The number of likely N-dealkylation sites (tertiary alicyclic amines) is 1. The lowest BCUT2D eigenvalue weighted by molar-refractivity contribution is -0.136. The third-order valence-corrected chi connectivity index (χ3v) is 6.84. The van der Waals surface area contributed by atoms with Gasteiger partial charge in [0.25, 0.3) is 11.8 Å². The van der Waals surface area contributed by atoms with Gasteiger partial charge >= 0.3 is 0 Å². The van der Waals surface area contributed by atoms with E-state index in [9.17, 15) is 19.2 Å². The van der Waals surface area contributed by atoms with Gasteiger partial charge in [0.15, 0.2) is 0 Å². The van der Waals surface area contributed by atoms with Gasteiger partial charge in [-0.15, -0.1) is 0 Å². The van der Waals surface area contributed by atoms with E-state index in [1.54, 1.807) is 12.1 Å². The molecule has 5 rings (SSSR count). The molecular formula is C21H23N3O4. The number of fused-ring (bicyclic) bond motifs is 1. The first-order chi connectivity index (χ1) is 13.5. The van der Waals surface area contributed by atoms with Crippen LogP contribution in [0.3, 0.4) is 0 Å². The van der Waals surface area contributed by atoms with Crippen LogP contribution in [0.5, 0.6) is 0 Å². The van der Waals surface area contributed by atoms with Crippen molar-refractivity contribution in [3.63, 3.8) is 0 Å². The van der Waals surface area contributed by atoms with E-state index in [2.05, 4.69) is 5.32 Å². The van der Waals surface area contributed by atoms with Gasteiger partial charge in [0, 0.05) is 37.2 Å². The Hall–Kier alpha value is -2.70. The van der Waals surface area contributed by atoms with Gasteiger partial charge in [0.1, 0.15) is 6.04 Å². The minimum Gasteiger partial charge on any atom is -0.339 e. The maximum atomic E-state index is 12.9. The van der Waals surface area contributed by atoms with Gasteiger partial charge in [-0.1, -0.05) is 6.07 Å². The van der Waals surface area contributed by atoms with Gasteiger partial charge < -0.3 is 9.80 Å². The van der Waals surface area contributed by atoms with Crippen LogP contribution in [-0.4, -0.2) is 52.6 Å². The Labute approximate surface area is 163 Å². The molecule has 1 N–H and O–H groups in total. The number of imide groups is 1. The number of hydrogen-bond donors (Lipinski definition) is 1. The molecule has 4 amide bonds. The van der Waals surface area contributed by atoms with Crippen LogP contribution in [0.1, 0.15) is 64.8 Å². The van der Waals surface area contributed by atoms with E-state index in [1.165, 1.54) is 17.7 Å². The average Bonchev–Trinajstić information content (AvgIpc) is 3.37. The number of amides is 4. The Morgan fingerprint density at radius 1 is 1.07 bits per heavy atom. The summed E-state index contributed by atoms with van der Waals surface area (Å²) in [5.74, 6) is -0.982. The predicted molar refractivity (Wildman–Crippen MR) is 99.3 cm³/mol. The average molecular weight is 381 g/mol. The van der Waals surface area contributed by atoms with Crippen molar-refractivity contribution in [2.45, 2.75) is 51.1 Å². The van der Waals surface area contributed by atoms with Crippen molar-refractivity contribution in [2.24, 2.45) is 5.41 Å². The second kappa shape index (κ2) is 6.15. The summed E-state index contributed by atoms with van der Waals surface area (Å²) in [6, 6.07) is 4.64. The molecule has 1 aromatic carbocycles. The summed E-state index contributed by atoms with van der Waals surface area (Å²) in [5, 5.41) is 2.31. The van der Waals surface area contributed by atoms with Gasteiger partial charge in [-0.2, -0.15) is 0 Å². The maximum Gasteiger partial charge on any atom is 0.255 e. The molecule has 0 bridgehead atoms. The highest BCUT2D eigenvalue weighted by Gasteiger charge is 2.45. The molecule has 7 nitrogen and oxygen atoms in total. The Morgan fingerprint density at radius 3 is 2.50 bits per heavy atom. The van der Waals surface area contributed by atoms with Crippen molar-refractivity contribution < 1.29 is 19.2 Å². The fourth-order valence-electron chi connectivity index (χ4n) is 4.73. The van der Waals surface area contributed by atoms with Crippen molar-refractivity contribution in [1.29, 1.82) is 0 Å². The van der Waals surface area contributed by atoms with Crippen molar-refractivity contribution in [2.75, 3.05) is 13.1 Å². The summed E-state index contributed by atoms with van der Waals surface area (Å²) in [6.45, 7) is 1.90. The van der Waals surface area contributed by atoms with Crippen molar-refractivity contribution in [3.05, 3.63) is 34.9 Å². The van der Waals surface area contributed by atoms with E-state index in [1.807, 2.05) is 11.0 Å². The summed E-state index contributed by atoms with van der Waals surface area (Å²) >= 11 is 0. The first kappa shape index (κ1) is 17.4. The molecule has 1 atom stereocenters. The molecular weight excluding hydrogens is 358 g/mol. The fraction of sp³-hybridized carbons (Fsp3) is 0.524. The second-order valence-electron chi connectivity index (χ2n) is 8.56. The van der Waals surface area contributed by atoms with Crippen LogP contribution >= 0.6 is 0 Å². The number of rotatable bonds is 2. The zero-order chi connectivity index (χ0) is 19.5. The maximum absolute atomic E-state index is 12.9. The van der Waals surface area contributed by atoms with Crippen molar-refractivity contribution in [1.82, 2.24) is 15.1 Å². The summed E-state index contributed by atoms with van der Waals surface area (Å²) in [7, 11) is 0. The number of carbonyl (C=O) groups is 4. The molecule has 4 aliphatic rings. The zero-order valence-electron chi connectivity index (χ0n) is 15.7. The lowest BCUT2D eigenvalue weighted by atomic mass is 9.93. The largest absolute Gasteiger partial charge is 0.339 e. The first-order valence-electron chi connectivity index (χ1n) is 10.0. The van der Waals surface area contributed by atoms with Crippen LogP contribution in [0.25, 0.3) is 0 Å². The number of piperidine rings is 2. The lowest BCUT2D eigenvalue weighted by Gasteiger charge is -2.32. The van der Waals surface area contributed by atoms with Crippen LogP contribution in [0, 0.1) is 5.41 Å². The molecule has 1 aliphatic carbocycles. The Morgan fingerprint density at radius 2 is 1.82 bits per heavy atom. The molecule has 3 aliphatic heterocycles. The predicted octanol–water partition coefficient (Wildman–Crippen LogP) is 1.46. The van der Waals surface area contributed by atoms with E-state index >= 15 is 0 Å². The monoisotopic (exact) mass is 381 g/mol. The van der Waals surface area contributed by atoms with Gasteiger partial charge in [-0.3, -0.25) is 24.5 Å². The fourth-order valence-corrected chi connectivity index (χ4v) is 4.73. The summed E-state index contributed by atoms with van der Waals surface area (Å²) in [5.41, 5.74) is 2.35. The van der Waals surface area contributed by atoms with E-state index in [0.717, 1.165) is 31.5 Å². The first-order valence-corrected chi connectivity index (χ1v) is 10.0. The normalized spacial score (nSPS) is 25.7. The molecule has 7 heteroatoms. The Kier molecular flexibility index (Phi) is 3.82. The molecule has 0 radical (unpaired) electrons. The van der Waals surface area contributed by atoms with Crippen LogP contribution < -0.4 is 5.32 Å². The molecule has 1 unspecified atom stereocenters. The van der Waals surface area contributed by atoms with Crippen LogP contribution in [0.4, 0.5) is 0 Å². The van der Waals surface area contributed by atoms with Gasteiger partial charge in [-0.05, 0) is 55.2 Å². The van der Waals surface area contributed by atoms with Crippen LogP contribution in [-0.2, 0) is 16.1 Å². The summed E-state index contributed by atoms with van der Waals surface area (Å²) in [6.07, 6.45) is 5.30. The third-order valence-electron chi connectivity index (χ3n) is 6.84. The quantitative estimate of drug-likeness (QED) is 0.786. The van der Waals surface area contributed by atoms with Crippen LogP contribution in [0.2, 0.25) is 0 Å². The molecule has 1 aromatic rings. The minimum atomic E-state index is -0.631. The molecule has 0 aromatic heterocycles. The Bertz CT molecular complexity index is 895. The number of nitrogens with one attached hydrogen (secondary N) is 1. The number of nitrogens with zero attached hydrogens (tertiary/aromatic N) is 2. The zero-order valence-corrected chi connectivity index (χ0v) is 15.7. The summed E-state index contributed by atoms with van der Waals surface area (Å²) < 4.78 is 0. The molecule has 3 heterocycles. The standard InChI is InChI=1S/C21H23N3O4/c25-17-4-3-16(18(26)22-17)24-12-14-2-1-13(11-15(14)20(24)28)19(27)23-9-7-21(5-6-21)8-10-23/h1-2,11,16H,3-10,12H2,(H,22,25,26). The highest BCUT2D eigenvalue weighted by atomic mass is 16.2. The molecule has 1 spiro atoms. The molecule has 3 fully saturated rings. The third kappa shape index (κ3) is 2.80. The van der Waals surface area contributed by atoms with Gasteiger partial charge in [0.2, 0.25) is 11.8 Å². The topological polar surface area (TPSA) is 86.8 Å². The summed E-state index contributed by atoms with van der Waals surface area (Å²) in [4.78, 5) is 52.7. The SMILES string of the molecule is O=C1CCC(N2Cc3ccc(C(=O)N4CCC5(CC4)CC5)cc3C2=O)C(=O)N1. The van der Waals surface area contributed by atoms with Crippen molar-refractivity contribution in [3.8, 4) is 0 Å². The smallest absolute Gasteiger partial charge is 0.255 e. The highest BCUT2D eigenvalue weighted by molar-refractivity contribution is 6.06. The number of carbonyl (C=O) groups excluding carboxylic acids is 4. The minimum absolute atomic E-state index is 0.0226. The molecule has 146 valence electrons. The molecule has 28 heavy (non-hydrogen) atoms. The van der Waals surface area contributed by atoms with E-state index in [4.69, 9.17) is 0 Å². The molecule has 2 saturated heterocycles. The Balaban J connectivity index is 1.32. The van der Waals surface area contributed by atoms with Crippen molar-refractivity contribution >= 4 is 23.6 Å². The van der Waals surface area contributed by atoms with Gasteiger partial charge in [-0.25, -0.2) is 0 Å². The van der Waals surface area contributed by atoms with Gasteiger partial charge in [0.05, 0.1) is 0 Å². The lowest BCUT2D eigenvalue weighted by Crippen LogP contribution is -2.52. The van der Waals surface area contributed by atoms with E-state index < -0.39 is 11.9 Å². The highest BCUT2D eigenvalue weighted by Crippen LogP contribution is 2.53.